The van der Waals surface area contributed by atoms with Gasteiger partial charge in [0.25, 0.3) is 0 Å². The van der Waals surface area contributed by atoms with Gasteiger partial charge in [0.1, 0.15) is 0 Å². The van der Waals surface area contributed by atoms with E-state index in [1.807, 2.05) is 11.8 Å². The lowest BCUT2D eigenvalue weighted by atomic mass is 9.87. The summed E-state index contributed by atoms with van der Waals surface area (Å²) in [5.74, 6) is 0. The van der Waals surface area contributed by atoms with Gasteiger partial charge in [0.2, 0.25) is 0 Å². The van der Waals surface area contributed by atoms with Crippen LogP contribution < -0.4 is 5.32 Å². The fraction of sp³-hybridized carbons (Fsp3) is 0.600. The number of thioether (sulfide) groups is 1. The van der Waals surface area contributed by atoms with Crippen molar-refractivity contribution in [1.29, 1.82) is 0 Å². The van der Waals surface area contributed by atoms with Crippen LogP contribution in [-0.4, -0.2) is 18.3 Å². The second kappa shape index (κ2) is 5.45. The van der Waals surface area contributed by atoms with Crippen molar-refractivity contribution in [1.82, 2.24) is 5.32 Å². The third kappa shape index (κ3) is 3.75. The van der Waals surface area contributed by atoms with E-state index >= 15 is 0 Å². The maximum Gasteiger partial charge on any atom is 0.0220 e. The van der Waals surface area contributed by atoms with Crippen molar-refractivity contribution in [2.75, 3.05) is 13.1 Å². The van der Waals surface area contributed by atoms with E-state index in [1.54, 1.807) is 0 Å². The Balaban J connectivity index is 1.98. The average molecular weight is 249 g/mol. The molecule has 0 bridgehead atoms. The molecule has 94 valence electrons. The van der Waals surface area contributed by atoms with Crippen molar-refractivity contribution in [3.63, 3.8) is 0 Å². The fourth-order valence-electron chi connectivity index (χ4n) is 2.15. The smallest absolute Gasteiger partial charge is 0.0220 e. The second-order valence-electron chi connectivity index (χ2n) is 5.86. The number of benzene rings is 1. The van der Waals surface area contributed by atoms with E-state index in [0.717, 1.165) is 11.8 Å². The van der Waals surface area contributed by atoms with Crippen LogP contribution in [0.25, 0.3) is 0 Å². The van der Waals surface area contributed by atoms with Crippen molar-refractivity contribution in [3.05, 3.63) is 29.8 Å². The summed E-state index contributed by atoms with van der Waals surface area (Å²) in [6, 6.07) is 9.11. The molecule has 2 heteroatoms. The lowest BCUT2D eigenvalue weighted by molar-refractivity contribution is 0.531. The largest absolute Gasteiger partial charge is 0.316 e. The maximum atomic E-state index is 3.47. The predicted octanol–water partition coefficient (Wildman–Crippen LogP) is 3.83. The first kappa shape index (κ1) is 13.0. The zero-order chi connectivity index (χ0) is 12.3. The number of hydrogen-bond acceptors (Lipinski definition) is 2. The molecule has 1 fully saturated rings. The Labute approximate surface area is 109 Å². The molecule has 1 heterocycles. The van der Waals surface area contributed by atoms with Crippen LogP contribution in [-0.2, 0) is 5.41 Å². The van der Waals surface area contributed by atoms with E-state index in [2.05, 4.69) is 50.4 Å². The first-order chi connectivity index (χ1) is 8.05. The molecule has 17 heavy (non-hydrogen) atoms. The zero-order valence-electron chi connectivity index (χ0n) is 11.1. The highest BCUT2D eigenvalue weighted by molar-refractivity contribution is 8.00. The molecule has 0 radical (unpaired) electrons. The topological polar surface area (TPSA) is 12.0 Å². The molecule has 2 rings (SSSR count). The lowest BCUT2D eigenvalue weighted by Gasteiger charge is -2.23. The van der Waals surface area contributed by atoms with E-state index in [9.17, 15) is 0 Å². The molecule has 1 aromatic carbocycles. The van der Waals surface area contributed by atoms with Gasteiger partial charge in [0.15, 0.2) is 0 Å². The number of nitrogens with one attached hydrogen (secondary N) is 1. The van der Waals surface area contributed by atoms with Gasteiger partial charge in [-0.05, 0) is 42.5 Å². The predicted molar refractivity (Wildman–Crippen MR) is 76.9 cm³/mol. The molecule has 1 atom stereocenters. The van der Waals surface area contributed by atoms with Crippen LogP contribution in [0, 0.1) is 0 Å². The summed E-state index contributed by atoms with van der Waals surface area (Å²) in [6.07, 6.45) is 2.66. The van der Waals surface area contributed by atoms with Gasteiger partial charge in [0, 0.05) is 16.7 Å². The van der Waals surface area contributed by atoms with Crippen LogP contribution in [0.5, 0.6) is 0 Å². The summed E-state index contributed by atoms with van der Waals surface area (Å²) < 4.78 is 0. The molecule has 1 aliphatic rings. The minimum atomic E-state index is 0.260. The monoisotopic (exact) mass is 249 g/mol. The molecule has 1 aliphatic heterocycles. The number of hydrogen-bond donors (Lipinski definition) is 1. The highest BCUT2D eigenvalue weighted by Gasteiger charge is 2.16. The van der Waals surface area contributed by atoms with Crippen molar-refractivity contribution >= 4 is 11.8 Å². The maximum absolute atomic E-state index is 3.47. The Morgan fingerprint density at radius 3 is 2.41 bits per heavy atom. The van der Waals surface area contributed by atoms with E-state index in [-0.39, 0.29) is 5.41 Å². The molecule has 0 saturated carbocycles. The number of rotatable bonds is 2. The van der Waals surface area contributed by atoms with Gasteiger partial charge in [0.05, 0.1) is 0 Å². The summed E-state index contributed by atoms with van der Waals surface area (Å²) in [4.78, 5) is 1.41. The molecule has 0 amide bonds. The summed E-state index contributed by atoms with van der Waals surface area (Å²) in [7, 11) is 0. The summed E-state index contributed by atoms with van der Waals surface area (Å²) >= 11 is 2.02. The van der Waals surface area contributed by atoms with Crippen LogP contribution in [0.1, 0.15) is 39.2 Å². The molecular weight excluding hydrogens is 226 g/mol. The molecule has 0 aromatic heterocycles. The molecule has 1 saturated heterocycles. The Hall–Kier alpha value is -0.470. The molecule has 1 aromatic rings. The third-order valence-corrected chi connectivity index (χ3v) is 4.55. The Morgan fingerprint density at radius 2 is 1.88 bits per heavy atom. The van der Waals surface area contributed by atoms with Crippen LogP contribution in [0.15, 0.2) is 29.2 Å². The molecular formula is C15H23NS. The van der Waals surface area contributed by atoms with Crippen molar-refractivity contribution in [3.8, 4) is 0 Å². The van der Waals surface area contributed by atoms with Gasteiger partial charge < -0.3 is 5.32 Å². The highest BCUT2D eigenvalue weighted by atomic mass is 32.2. The first-order valence-corrected chi connectivity index (χ1v) is 7.41. The highest BCUT2D eigenvalue weighted by Crippen LogP contribution is 2.29. The van der Waals surface area contributed by atoms with E-state index in [4.69, 9.17) is 0 Å². The number of piperidine rings is 1. The van der Waals surface area contributed by atoms with Gasteiger partial charge in [-0.2, -0.15) is 0 Å². The van der Waals surface area contributed by atoms with Crippen LogP contribution in [0.2, 0.25) is 0 Å². The molecule has 0 spiro atoms. The normalized spacial score (nSPS) is 21.5. The van der Waals surface area contributed by atoms with E-state index in [0.29, 0.717) is 0 Å². The molecule has 0 aliphatic carbocycles. The first-order valence-electron chi connectivity index (χ1n) is 6.53. The average Bonchev–Trinajstić information content (AvgIpc) is 2.30. The van der Waals surface area contributed by atoms with Crippen LogP contribution >= 0.6 is 11.8 Å². The van der Waals surface area contributed by atoms with Crippen molar-refractivity contribution in [2.45, 2.75) is 49.2 Å². The van der Waals surface area contributed by atoms with Crippen LogP contribution in [0.4, 0.5) is 0 Å². The fourth-order valence-corrected chi connectivity index (χ4v) is 3.31. The summed E-state index contributed by atoms with van der Waals surface area (Å²) in [5, 5.41) is 4.22. The van der Waals surface area contributed by atoms with Gasteiger partial charge in [-0.15, -0.1) is 11.8 Å². The second-order valence-corrected chi connectivity index (χ2v) is 7.23. The quantitative estimate of drug-likeness (QED) is 0.855. The molecule has 1 N–H and O–H groups in total. The summed E-state index contributed by atoms with van der Waals surface area (Å²) in [5.41, 5.74) is 1.68. The van der Waals surface area contributed by atoms with Gasteiger partial charge in [-0.3, -0.25) is 0 Å². The third-order valence-electron chi connectivity index (χ3n) is 3.27. The minimum Gasteiger partial charge on any atom is -0.316 e. The van der Waals surface area contributed by atoms with Gasteiger partial charge >= 0.3 is 0 Å². The summed E-state index contributed by atoms with van der Waals surface area (Å²) in [6.45, 7) is 9.15. The SMILES string of the molecule is CC(C)(C)c1ccc(SC2CCCNC2)cc1. The standard InChI is InChI=1S/C15H23NS/c1-15(2,3)12-6-8-13(9-7-12)17-14-5-4-10-16-11-14/h6-9,14,16H,4-5,10-11H2,1-3H3. The Bertz CT molecular complexity index is 344. The van der Waals surface area contributed by atoms with Crippen molar-refractivity contribution < 1.29 is 0 Å². The Kier molecular flexibility index (Phi) is 4.16. The van der Waals surface area contributed by atoms with E-state index in [1.165, 1.54) is 29.8 Å². The molecule has 1 unspecified atom stereocenters. The zero-order valence-corrected chi connectivity index (χ0v) is 11.9. The van der Waals surface area contributed by atoms with Crippen molar-refractivity contribution in [2.24, 2.45) is 0 Å². The molecule has 1 nitrogen and oxygen atoms in total. The lowest BCUT2D eigenvalue weighted by Crippen LogP contribution is -2.31. The Morgan fingerprint density at radius 1 is 1.18 bits per heavy atom. The minimum absolute atomic E-state index is 0.260. The van der Waals surface area contributed by atoms with Crippen LogP contribution in [0.3, 0.4) is 0 Å². The van der Waals surface area contributed by atoms with Gasteiger partial charge in [-0.1, -0.05) is 32.9 Å². The van der Waals surface area contributed by atoms with E-state index < -0.39 is 0 Å². The van der Waals surface area contributed by atoms with Gasteiger partial charge in [-0.25, -0.2) is 0 Å².